The largest absolute Gasteiger partial charge is 0.586 e. The van der Waals surface area contributed by atoms with Crippen LogP contribution in [0.5, 0.6) is 11.5 Å². The molecule has 0 unspecified atom stereocenters. The van der Waals surface area contributed by atoms with Crippen molar-refractivity contribution in [2.75, 3.05) is 23.4 Å². The first kappa shape index (κ1) is 14.8. The van der Waals surface area contributed by atoms with Crippen molar-refractivity contribution in [3.63, 3.8) is 0 Å². The fourth-order valence-electron chi connectivity index (χ4n) is 1.82. The molecule has 0 bridgehead atoms. The molecule has 0 atom stereocenters. The van der Waals surface area contributed by atoms with Gasteiger partial charge in [-0.2, -0.15) is 0 Å². The molecule has 0 saturated carbocycles. The summed E-state index contributed by atoms with van der Waals surface area (Å²) < 4.78 is 57.2. The summed E-state index contributed by atoms with van der Waals surface area (Å²) in [6, 6.07) is 4.22. The van der Waals surface area contributed by atoms with E-state index in [4.69, 9.17) is 0 Å². The minimum Gasteiger partial charge on any atom is -0.395 e. The molecule has 0 saturated heterocycles. The highest BCUT2D eigenvalue weighted by Gasteiger charge is 2.43. The molecule has 1 heterocycles. The molecule has 1 aliphatic heterocycles. The van der Waals surface area contributed by atoms with Crippen LogP contribution in [0.15, 0.2) is 18.2 Å². The average Bonchev–Trinajstić information content (AvgIpc) is 2.61. The lowest BCUT2D eigenvalue weighted by molar-refractivity contribution is -0.286. The molecule has 0 aromatic heterocycles. The highest BCUT2D eigenvalue weighted by molar-refractivity contribution is 7.91. The molecule has 0 fully saturated rings. The Kier molecular flexibility index (Phi) is 4.03. The van der Waals surface area contributed by atoms with Crippen molar-refractivity contribution in [1.82, 2.24) is 0 Å². The van der Waals surface area contributed by atoms with E-state index in [-0.39, 0.29) is 29.5 Å². The Balaban J connectivity index is 1.93. The van der Waals surface area contributed by atoms with E-state index in [1.165, 1.54) is 18.2 Å². The van der Waals surface area contributed by atoms with E-state index in [9.17, 15) is 17.2 Å². The topological polar surface area (TPSA) is 64.6 Å². The van der Waals surface area contributed by atoms with E-state index in [1.807, 2.05) is 0 Å². The summed E-state index contributed by atoms with van der Waals surface area (Å²) in [6.07, 6.45) is -3.08. The van der Waals surface area contributed by atoms with Crippen LogP contribution in [0.2, 0.25) is 0 Å². The summed E-state index contributed by atoms with van der Waals surface area (Å²) >= 11 is 0. The van der Waals surface area contributed by atoms with E-state index < -0.39 is 16.1 Å². The summed E-state index contributed by atoms with van der Waals surface area (Å²) in [5, 5.41) is 2.86. The number of hydrogen-bond acceptors (Lipinski definition) is 5. The molecule has 1 aliphatic rings. The van der Waals surface area contributed by atoms with Crippen LogP contribution >= 0.6 is 0 Å². The number of ether oxygens (including phenoxy) is 2. The lowest BCUT2D eigenvalue weighted by atomic mass is 10.3. The van der Waals surface area contributed by atoms with Gasteiger partial charge in [-0.05, 0) is 18.6 Å². The Hall–Kier alpha value is -1.57. The van der Waals surface area contributed by atoms with Gasteiger partial charge in [0.1, 0.15) is 0 Å². The van der Waals surface area contributed by atoms with Gasteiger partial charge in [0.15, 0.2) is 21.3 Å². The first-order chi connectivity index (χ1) is 9.31. The second-order valence-electron chi connectivity index (χ2n) is 4.41. The number of nitrogens with one attached hydrogen (secondary N) is 1. The predicted octanol–water partition coefficient (Wildman–Crippen LogP) is 2.24. The number of sulfone groups is 1. The van der Waals surface area contributed by atoms with Crippen molar-refractivity contribution >= 4 is 15.5 Å². The van der Waals surface area contributed by atoms with Crippen LogP contribution in [-0.4, -0.2) is 32.8 Å². The van der Waals surface area contributed by atoms with E-state index in [0.717, 1.165) is 0 Å². The lowest BCUT2D eigenvalue weighted by Gasteiger charge is -2.07. The summed E-state index contributed by atoms with van der Waals surface area (Å²) in [7, 11) is -3.07. The van der Waals surface area contributed by atoms with Gasteiger partial charge < -0.3 is 14.8 Å². The summed E-state index contributed by atoms with van der Waals surface area (Å²) in [4.78, 5) is 0. The number of hydrogen-bond donors (Lipinski definition) is 1. The third-order valence-corrected chi connectivity index (χ3v) is 4.51. The van der Waals surface area contributed by atoms with Crippen LogP contribution in [0.4, 0.5) is 14.5 Å². The van der Waals surface area contributed by atoms with Crippen LogP contribution in [0, 0.1) is 0 Å². The molecule has 20 heavy (non-hydrogen) atoms. The predicted molar refractivity (Wildman–Crippen MR) is 70.1 cm³/mol. The van der Waals surface area contributed by atoms with E-state index >= 15 is 0 Å². The first-order valence-corrected chi connectivity index (χ1v) is 7.98. The maximum Gasteiger partial charge on any atom is 0.586 e. The van der Waals surface area contributed by atoms with Gasteiger partial charge in [0.05, 0.1) is 5.75 Å². The second-order valence-corrected chi connectivity index (χ2v) is 6.71. The van der Waals surface area contributed by atoms with Gasteiger partial charge in [0, 0.05) is 24.1 Å². The Labute approximate surface area is 115 Å². The fraction of sp³-hybridized carbons (Fsp3) is 0.500. The normalized spacial score (nSPS) is 16.1. The minimum atomic E-state index is -3.65. The number of rotatable bonds is 6. The fourth-order valence-corrected chi connectivity index (χ4v) is 3.06. The van der Waals surface area contributed by atoms with Crippen molar-refractivity contribution in [2.45, 2.75) is 19.6 Å². The van der Waals surface area contributed by atoms with Crippen molar-refractivity contribution in [1.29, 1.82) is 0 Å². The maximum absolute atomic E-state index is 12.8. The maximum atomic E-state index is 12.8. The number of halogens is 2. The molecule has 1 aromatic carbocycles. The van der Waals surface area contributed by atoms with E-state index in [0.29, 0.717) is 12.1 Å². The number of anilines is 1. The number of benzene rings is 1. The van der Waals surface area contributed by atoms with E-state index in [1.54, 1.807) is 6.92 Å². The Morgan fingerprint density at radius 1 is 1.20 bits per heavy atom. The summed E-state index contributed by atoms with van der Waals surface area (Å²) in [5.41, 5.74) is 0.497. The van der Waals surface area contributed by atoms with Crippen LogP contribution in [-0.2, 0) is 9.84 Å². The molecule has 5 nitrogen and oxygen atoms in total. The van der Waals surface area contributed by atoms with E-state index in [2.05, 4.69) is 14.8 Å². The van der Waals surface area contributed by atoms with Gasteiger partial charge in [0.2, 0.25) is 0 Å². The molecular formula is C12H15F2NO4S. The molecule has 0 spiro atoms. The molecule has 0 aliphatic carbocycles. The molecule has 8 heteroatoms. The number of fused-ring (bicyclic) bond motifs is 1. The van der Waals surface area contributed by atoms with Crippen molar-refractivity contribution in [3.05, 3.63) is 18.2 Å². The van der Waals surface area contributed by atoms with Crippen LogP contribution in [0.25, 0.3) is 0 Å². The second kappa shape index (κ2) is 5.43. The third kappa shape index (κ3) is 3.72. The monoisotopic (exact) mass is 307 g/mol. The molecular weight excluding hydrogens is 292 g/mol. The average molecular weight is 307 g/mol. The Morgan fingerprint density at radius 2 is 1.90 bits per heavy atom. The zero-order valence-electron chi connectivity index (χ0n) is 10.9. The first-order valence-electron chi connectivity index (χ1n) is 6.15. The molecule has 2 rings (SSSR count). The summed E-state index contributed by atoms with van der Waals surface area (Å²) in [5.74, 6) is 0.0172. The summed E-state index contributed by atoms with van der Waals surface area (Å²) in [6.45, 7) is 2.00. The van der Waals surface area contributed by atoms with Gasteiger partial charge >= 0.3 is 6.29 Å². The van der Waals surface area contributed by atoms with Gasteiger partial charge in [-0.3, -0.25) is 0 Å². The Morgan fingerprint density at radius 3 is 2.60 bits per heavy atom. The van der Waals surface area contributed by atoms with Crippen LogP contribution < -0.4 is 14.8 Å². The minimum absolute atomic E-state index is 0.00849. The SMILES string of the molecule is CCCS(=O)(=O)CCNc1ccc2c(c1)OC(F)(F)O2. The van der Waals surface area contributed by atoms with Gasteiger partial charge in [-0.15, -0.1) is 8.78 Å². The highest BCUT2D eigenvalue weighted by Crippen LogP contribution is 2.42. The van der Waals surface area contributed by atoms with Gasteiger partial charge in [-0.1, -0.05) is 6.92 Å². The van der Waals surface area contributed by atoms with Crippen molar-refractivity contribution in [3.8, 4) is 11.5 Å². The molecule has 112 valence electrons. The zero-order chi connectivity index (χ0) is 14.8. The third-order valence-electron chi connectivity index (χ3n) is 2.66. The van der Waals surface area contributed by atoms with Crippen LogP contribution in [0.1, 0.15) is 13.3 Å². The molecule has 0 amide bonds. The van der Waals surface area contributed by atoms with Gasteiger partial charge in [0.25, 0.3) is 0 Å². The van der Waals surface area contributed by atoms with Crippen LogP contribution in [0.3, 0.4) is 0 Å². The van der Waals surface area contributed by atoms with Gasteiger partial charge in [-0.25, -0.2) is 8.42 Å². The lowest BCUT2D eigenvalue weighted by Crippen LogP contribution is -2.25. The highest BCUT2D eigenvalue weighted by atomic mass is 32.2. The molecule has 0 radical (unpaired) electrons. The standard InChI is InChI=1S/C12H15F2NO4S/c1-2-6-20(16,17)7-5-15-9-3-4-10-11(8-9)19-12(13,14)18-10/h3-4,8,15H,2,5-7H2,1H3. The molecule has 1 N–H and O–H groups in total. The Bertz CT molecular complexity index is 589. The van der Waals surface area contributed by atoms with Crippen molar-refractivity contribution < 1.29 is 26.7 Å². The zero-order valence-corrected chi connectivity index (χ0v) is 11.7. The smallest absolute Gasteiger partial charge is 0.395 e. The molecule has 1 aromatic rings. The number of alkyl halides is 2. The quantitative estimate of drug-likeness (QED) is 0.873. The van der Waals surface area contributed by atoms with Crippen molar-refractivity contribution in [2.24, 2.45) is 0 Å².